The molecule has 0 saturated heterocycles. The molecule has 244 valence electrons. The number of benzene rings is 1. The van der Waals surface area contributed by atoms with Crippen molar-refractivity contribution in [3.05, 3.63) is 29.3 Å². The zero-order valence-corrected chi connectivity index (χ0v) is 27.0. The Hall–Kier alpha value is -3.18. The van der Waals surface area contributed by atoms with Crippen molar-refractivity contribution in [2.75, 3.05) is 46.0 Å². The normalized spacial score (nSPS) is 10.8. The smallest absolute Gasteiger partial charge is 0.251 e. The highest BCUT2D eigenvalue weighted by atomic mass is 16.7. The Bertz CT molecular complexity index is 972. The Kier molecular flexibility index (Phi) is 19.7. The van der Waals surface area contributed by atoms with Crippen LogP contribution in [0.1, 0.15) is 97.1 Å². The van der Waals surface area contributed by atoms with Crippen LogP contribution in [0.15, 0.2) is 18.2 Å². The third-order valence-electron chi connectivity index (χ3n) is 6.84. The molecular weight excluding hydrogens is 552 g/mol. The molecule has 0 fully saturated rings. The van der Waals surface area contributed by atoms with Crippen molar-refractivity contribution < 1.29 is 33.9 Å². The van der Waals surface area contributed by atoms with E-state index in [1.807, 2.05) is 0 Å². The summed E-state index contributed by atoms with van der Waals surface area (Å²) in [6.45, 7) is 11.8. The Morgan fingerprint density at radius 3 is 1.70 bits per heavy atom. The van der Waals surface area contributed by atoms with Crippen molar-refractivity contribution in [1.82, 2.24) is 20.2 Å². The molecule has 4 amide bonds. The molecule has 0 heterocycles. The monoisotopic (exact) mass is 606 g/mol. The van der Waals surface area contributed by atoms with E-state index in [0.717, 1.165) is 56.4 Å². The number of phenolic OH excluding ortho intramolecular Hbond substituents is 1. The molecule has 11 heteroatoms. The second-order valence-electron chi connectivity index (χ2n) is 10.8. The van der Waals surface area contributed by atoms with Crippen LogP contribution in [0.3, 0.4) is 0 Å². The molecule has 0 aromatic heterocycles. The summed E-state index contributed by atoms with van der Waals surface area (Å²) in [6.07, 6.45) is 7.57. The van der Waals surface area contributed by atoms with Gasteiger partial charge in [-0.1, -0.05) is 59.4 Å². The molecule has 0 radical (unpaired) electrons. The summed E-state index contributed by atoms with van der Waals surface area (Å²) in [5, 5.41) is 14.1. The Morgan fingerprint density at radius 2 is 1.21 bits per heavy atom. The third-order valence-corrected chi connectivity index (χ3v) is 6.84. The minimum atomic E-state index is -0.394. The summed E-state index contributed by atoms with van der Waals surface area (Å²) in [5.74, 6) is -1.11. The summed E-state index contributed by atoms with van der Waals surface area (Å²) >= 11 is 0. The lowest BCUT2D eigenvalue weighted by Crippen LogP contribution is -2.39. The van der Waals surface area contributed by atoms with Gasteiger partial charge in [0.25, 0.3) is 5.91 Å². The number of hydroxylamine groups is 2. The number of aromatic hydroxyl groups is 1. The van der Waals surface area contributed by atoms with Crippen molar-refractivity contribution in [3.63, 3.8) is 0 Å². The maximum absolute atomic E-state index is 12.8. The van der Waals surface area contributed by atoms with Crippen molar-refractivity contribution >= 4 is 23.6 Å². The zero-order valence-electron chi connectivity index (χ0n) is 27.0. The van der Waals surface area contributed by atoms with E-state index in [4.69, 9.17) is 9.57 Å². The fraction of sp³-hybridized carbons (Fsp3) is 0.688. The van der Waals surface area contributed by atoms with E-state index in [0.29, 0.717) is 37.3 Å². The van der Waals surface area contributed by atoms with Gasteiger partial charge in [-0.3, -0.25) is 24.0 Å². The fourth-order valence-corrected chi connectivity index (χ4v) is 4.27. The van der Waals surface area contributed by atoms with Crippen LogP contribution >= 0.6 is 0 Å². The molecule has 43 heavy (non-hydrogen) atoms. The van der Waals surface area contributed by atoms with Crippen molar-refractivity contribution in [2.24, 2.45) is 0 Å². The van der Waals surface area contributed by atoms with Crippen LogP contribution in [0.25, 0.3) is 0 Å². The predicted molar refractivity (Wildman–Crippen MR) is 166 cm³/mol. The van der Waals surface area contributed by atoms with Crippen LogP contribution in [0.5, 0.6) is 5.75 Å². The van der Waals surface area contributed by atoms with Gasteiger partial charge in [0.2, 0.25) is 17.7 Å². The molecule has 0 aliphatic rings. The summed E-state index contributed by atoms with van der Waals surface area (Å²) < 4.78 is 5.37. The predicted octanol–water partition coefficient (Wildman–Crippen LogP) is 4.16. The van der Waals surface area contributed by atoms with E-state index >= 15 is 0 Å². The SMILES string of the molecule is CCCCN(CCCC)C(=O)COCC(=O)NCc1cc(O)cc(CN(OCC(=O)N(CCCC)CCCC)C(C)=O)c1. The molecule has 2 N–H and O–H groups in total. The molecule has 0 aliphatic carbocycles. The molecule has 1 rings (SSSR count). The molecule has 0 bridgehead atoms. The maximum atomic E-state index is 12.8. The molecule has 0 saturated carbocycles. The van der Waals surface area contributed by atoms with Gasteiger partial charge in [-0.25, -0.2) is 5.06 Å². The standard InChI is InChI=1S/C32H54N4O7/c1-6-10-14-34(15-11-7-2)31(40)24-42-23-30(39)33-21-27-18-28(20-29(38)19-27)22-36(26(5)37)43-25-32(41)35(16-12-8-3)17-13-9-4/h18-20,38H,6-17,21-25H2,1-5H3,(H,33,39). The number of nitrogens with zero attached hydrogens (tertiary/aromatic N) is 3. The number of ether oxygens (including phenoxy) is 1. The van der Waals surface area contributed by atoms with Gasteiger partial charge >= 0.3 is 0 Å². The van der Waals surface area contributed by atoms with Gasteiger partial charge in [-0.2, -0.15) is 0 Å². The average molecular weight is 607 g/mol. The lowest BCUT2D eigenvalue weighted by molar-refractivity contribution is -0.192. The Labute approximate surface area is 257 Å². The van der Waals surface area contributed by atoms with Crippen molar-refractivity contribution in [1.29, 1.82) is 0 Å². The topological polar surface area (TPSA) is 129 Å². The van der Waals surface area contributed by atoms with Crippen LogP contribution in [0.2, 0.25) is 0 Å². The van der Waals surface area contributed by atoms with E-state index < -0.39 is 5.91 Å². The largest absolute Gasteiger partial charge is 0.508 e. The van der Waals surface area contributed by atoms with E-state index in [9.17, 15) is 24.3 Å². The van der Waals surface area contributed by atoms with Gasteiger partial charge < -0.3 is 25.0 Å². The van der Waals surface area contributed by atoms with Gasteiger partial charge in [-0.15, -0.1) is 0 Å². The first-order chi connectivity index (χ1) is 20.6. The molecule has 0 aliphatic heterocycles. The first kappa shape index (κ1) is 37.8. The number of rotatable bonds is 23. The summed E-state index contributed by atoms with van der Waals surface area (Å²) in [7, 11) is 0. The maximum Gasteiger partial charge on any atom is 0.251 e. The van der Waals surface area contributed by atoms with Gasteiger partial charge in [0.1, 0.15) is 19.0 Å². The zero-order chi connectivity index (χ0) is 32.0. The second-order valence-corrected chi connectivity index (χ2v) is 10.8. The molecule has 0 unspecified atom stereocenters. The first-order valence-corrected chi connectivity index (χ1v) is 15.8. The molecule has 1 aromatic rings. The number of phenols is 1. The van der Waals surface area contributed by atoms with Gasteiger partial charge in [-0.05, 0) is 48.9 Å². The van der Waals surface area contributed by atoms with Crippen LogP contribution in [0, 0.1) is 0 Å². The van der Waals surface area contributed by atoms with Crippen LogP contribution in [0.4, 0.5) is 0 Å². The second kappa shape index (κ2) is 22.4. The molecular formula is C32H54N4O7. The number of carbonyl (C=O) groups excluding carboxylic acids is 4. The van der Waals surface area contributed by atoms with E-state index in [2.05, 4.69) is 33.0 Å². The minimum Gasteiger partial charge on any atom is -0.508 e. The highest BCUT2D eigenvalue weighted by molar-refractivity contribution is 5.80. The quantitative estimate of drug-likeness (QED) is 0.179. The summed E-state index contributed by atoms with van der Waals surface area (Å²) in [5.41, 5.74) is 1.18. The van der Waals surface area contributed by atoms with Gasteiger partial charge in [0.05, 0.1) is 6.54 Å². The van der Waals surface area contributed by atoms with E-state index in [-0.39, 0.29) is 56.4 Å². The molecule has 0 spiro atoms. The minimum absolute atomic E-state index is 0.0136. The van der Waals surface area contributed by atoms with E-state index in [1.54, 1.807) is 15.9 Å². The number of hydrogen-bond acceptors (Lipinski definition) is 7. The number of unbranched alkanes of at least 4 members (excludes halogenated alkanes) is 4. The first-order valence-electron chi connectivity index (χ1n) is 15.8. The molecule has 0 atom stereocenters. The van der Waals surface area contributed by atoms with Crippen molar-refractivity contribution in [3.8, 4) is 5.75 Å². The van der Waals surface area contributed by atoms with Crippen molar-refractivity contribution in [2.45, 2.75) is 99.1 Å². The van der Waals surface area contributed by atoms with Crippen LogP contribution in [-0.2, 0) is 41.8 Å². The Morgan fingerprint density at radius 1 is 0.721 bits per heavy atom. The van der Waals surface area contributed by atoms with Crippen LogP contribution < -0.4 is 5.32 Å². The highest BCUT2D eigenvalue weighted by Crippen LogP contribution is 2.18. The molecule has 1 aromatic carbocycles. The third kappa shape index (κ3) is 16.3. The average Bonchev–Trinajstić information content (AvgIpc) is 2.97. The number of hydrogen-bond donors (Lipinski definition) is 2. The molecule has 11 nitrogen and oxygen atoms in total. The number of amides is 4. The number of carbonyl (C=O) groups is 4. The summed E-state index contributed by atoms with van der Waals surface area (Å²) in [4.78, 5) is 59.1. The van der Waals surface area contributed by atoms with Gasteiger partial charge in [0, 0.05) is 39.6 Å². The van der Waals surface area contributed by atoms with E-state index in [1.165, 1.54) is 19.1 Å². The lowest BCUT2D eigenvalue weighted by Gasteiger charge is -2.25. The van der Waals surface area contributed by atoms with Crippen LogP contribution in [-0.4, -0.2) is 89.6 Å². The van der Waals surface area contributed by atoms with Gasteiger partial charge in [0.15, 0.2) is 6.61 Å². The Balaban J connectivity index is 2.66. The fourth-order valence-electron chi connectivity index (χ4n) is 4.27. The number of nitrogens with one attached hydrogen (secondary N) is 1. The summed E-state index contributed by atoms with van der Waals surface area (Å²) in [6, 6.07) is 4.74. The highest BCUT2D eigenvalue weighted by Gasteiger charge is 2.18. The lowest BCUT2D eigenvalue weighted by atomic mass is 10.1.